The molecule has 0 aliphatic heterocycles. The molecule has 0 bridgehead atoms. The fourth-order valence-electron chi connectivity index (χ4n) is 1.18. The first kappa shape index (κ1) is 16.9. The van der Waals surface area contributed by atoms with E-state index < -0.39 is 0 Å². The Morgan fingerprint density at radius 2 is 1.53 bits per heavy atom. The molecule has 0 fully saturated rings. The Morgan fingerprint density at radius 3 is 1.93 bits per heavy atom. The van der Waals surface area contributed by atoms with Crippen LogP contribution in [0.5, 0.6) is 0 Å². The molecule has 0 amide bonds. The van der Waals surface area contributed by atoms with Crippen molar-refractivity contribution in [3.05, 3.63) is 11.6 Å². The zero-order chi connectivity index (χ0) is 10.0. The van der Waals surface area contributed by atoms with E-state index in [4.69, 9.17) is 11.5 Å². The maximum Gasteiger partial charge on any atom is 0.0611 e. The van der Waals surface area contributed by atoms with Gasteiger partial charge in [0.1, 0.15) is 0 Å². The van der Waals surface area contributed by atoms with Gasteiger partial charge in [-0.2, -0.15) is 0 Å². The summed E-state index contributed by atoms with van der Waals surface area (Å²) in [6, 6.07) is 2.04. The van der Waals surface area contributed by atoms with Gasteiger partial charge in [-0.25, -0.2) is 0 Å². The van der Waals surface area contributed by atoms with Crippen molar-refractivity contribution in [2.75, 3.05) is 24.0 Å². The maximum absolute atomic E-state index is 5.95. The van der Waals surface area contributed by atoms with Crippen molar-refractivity contribution < 1.29 is 0 Å². The van der Waals surface area contributed by atoms with Crippen LogP contribution in [0.25, 0.3) is 0 Å². The van der Waals surface area contributed by atoms with E-state index in [-0.39, 0.29) is 12.3 Å². The molecule has 0 aromatic heterocycles. The number of nitrogen functional groups attached to an aromatic ring is 2. The Morgan fingerprint density at radius 1 is 1.00 bits per heavy atom. The van der Waals surface area contributed by atoms with Gasteiger partial charge >= 0.3 is 0 Å². The van der Waals surface area contributed by atoms with Crippen molar-refractivity contribution in [3.63, 3.8) is 0 Å². The topological polar surface area (TPSA) is 122 Å². The zero-order valence-corrected chi connectivity index (χ0v) is 11.1. The second-order valence-corrected chi connectivity index (χ2v) is 4.42. The van der Waals surface area contributed by atoms with E-state index >= 15 is 0 Å². The molecule has 0 radical (unpaired) electrons. The molecule has 1 rings (SSSR count). The number of thioether (sulfide) groups is 2. The highest BCUT2D eigenvalue weighted by Gasteiger charge is 2.10. The van der Waals surface area contributed by atoms with Crippen LogP contribution >= 0.6 is 23.5 Å². The molecule has 1 aromatic carbocycles. The van der Waals surface area contributed by atoms with Crippen LogP contribution in [0.4, 0.5) is 11.4 Å². The lowest BCUT2D eigenvalue weighted by Crippen LogP contribution is -1.99. The number of anilines is 2. The summed E-state index contributed by atoms with van der Waals surface area (Å²) in [4.78, 5) is 2.11. The quantitative estimate of drug-likeness (QED) is 0.471. The molecular formula is C9H20N4S2. The number of benzene rings is 1. The van der Waals surface area contributed by atoms with Gasteiger partial charge in [-0.3, -0.25) is 0 Å². The van der Waals surface area contributed by atoms with Gasteiger partial charge in [0, 0.05) is 4.90 Å². The van der Waals surface area contributed by atoms with Crippen LogP contribution in [0, 0.1) is 6.92 Å². The number of nitrogens with two attached hydrogens (primary N) is 2. The summed E-state index contributed by atoms with van der Waals surface area (Å²) in [6.07, 6.45) is 4.01. The molecule has 0 aliphatic carbocycles. The summed E-state index contributed by atoms with van der Waals surface area (Å²) in [5.41, 5.74) is 14.6. The van der Waals surface area contributed by atoms with E-state index in [1.807, 2.05) is 25.5 Å². The second kappa shape index (κ2) is 6.84. The molecule has 6 heteroatoms. The van der Waals surface area contributed by atoms with Gasteiger partial charge in [0.05, 0.1) is 16.3 Å². The monoisotopic (exact) mass is 248 g/mol. The van der Waals surface area contributed by atoms with Gasteiger partial charge in [0.15, 0.2) is 0 Å². The molecule has 88 valence electrons. The number of rotatable bonds is 2. The SMILES string of the molecule is CSc1cc(C)c(N)c(SC)c1N.N.N. The smallest absolute Gasteiger partial charge is 0.0611 e. The van der Waals surface area contributed by atoms with Crippen molar-refractivity contribution in [3.8, 4) is 0 Å². The van der Waals surface area contributed by atoms with Crippen LogP contribution in [0.3, 0.4) is 0 Å². The van der Waals surface area contributed by atoms with Crippen LogP contribution in [0.1, 0.15) is 5.56 Å². The first-order valence-electron chi connectivity index (χ1n) is 3.88. The Kier molecular flexibility index (Phi) is 7.68. The predicted molar refractivity (Wildman–Crippen MR) is 73.6 cm³/mol. The van der Waals surface area contributed by atoms with E-state index in [1.54, 1.807) is 23.5 Å². The van der Waals surface area contributed by atoms with Crippen molar-refractivity contribution >= 4 is 34.9 Å². The summed E-state index contributed by atoms with van der Waals surface area (Å²) >= 11 is 3.26. The van der Waals surface area contributed by atoms with Gasteiger partial charge in [-0.1, -0.05) is 0 Å². The number of hydrogen-bond donors (Lipinski definition) is 4. The summed E-state index contributed by atoms with van der Waals surface area (Å²) in [6.45, 7) is 2.01. The van der Waals surface area contributed by atoms with Crippen LogP contribution in [0.15, 0.2) is 15.9 Å². The van der Waals surface area contributed by atoms with Gasteiger partial charge in [-0.15, -0.1) is 23.5 Å². The average Bonchev–Trinajstić information content (AvgIpc) is 2.12. The lowest BCUT2D eigenvalue weighted by Gasteiger charge is -2.12. The largest absolute Gasteiger partial charge is 0.398 e. The van der Waals surface area contributed by atoms with Gasteiger partial charge in [0.25, 0.3) is 0 Å². The van der Waals surface area contributed by atoms with Crippen molar-refractivity contribution in [1.29, 1.82) is 0 Å². The maximum atomic E-state index is 5.95. The molecule has 0 saturated heterocycles. The number of hydrogen-bond acceptors (Lipinski definition) is 6. The molecule has 10 N–H and O–H groups in total. The summed E-state index contributed by atoms with van der Waals surface area (Å²) in [5, 5.41) is 0. The summed E-state index contributed by atoms with van der Waals surface area (Å²) < 4.78 is 0. The molecule has 0 aliphatic rings. The predicted octanol–water partition coefficient (Wildman–Crippen LogP) is 2.93. The lowest BCUT2D eigenvalue weighted by atomic mass is 10.2. The normalized spacial score (nSPS) is 9.00. The highest BCUT2D eigenvalue weighted by atomic mass is 32.2. The lowest BCUT2D eigenvalue weighted by molar-refractivity contribution is 1.28. The van der Waals surface area contributed by atoms with Gasteiger partial charge in [0.2, 0.25) is 0 Å². The molecule has 0 saturated carbocycles. The highest BCUT2D eigenvalue weighted by molar-refractivity contribution is 7.99. The first-order chi connectivity index (χ1) is 6.11. The second-order valence-electron chi connectivity index (χ2n) is 2.76. The third-order valence-electron chi connectivity index (χ3n) is 1.95. The van der Waals surface area contributed by atoms with E-state index in [1.165, 1.54) is 0 Å². The minimum absolute atomic E-state index is 0. The van der Waals surface area contributed by atoms with Crippen molar-refractivity contribution in [2.24, 2.45) is 0 Å². The number of aryl methyl sites for hydroxylation is 1. The third-order valence-corrected chi connectivity index (χ3v) is 3.58. The Labute approximate surface area is 99.7 Å². The van der Waals surface area contributed by atoms with Crippen LogP contribution in [-0.4, -0.2) is 12.5 Å². The molecular weight excluding hydrogens is 228 g/mol. The minimum Gasteiger partial charge on any atom is -0.398 e. The summed E-state index contributed by atoms with van der Waals surface area (Å²) in [7, 11) is 0. The minimum atomic E-state index is 0. The van der Waals surface area contributed by atoms with Crippen molar-refractivity contribution in [1.82, 2.24) is 12.3 Å². The van der Waals surface area contributed by atoms with E-state index in [9.17, 15) is 0 Å². The van der Waals surface area contributed by atoms with E-state index in [0.717, 1.165) is 26.7 Å². The van der Waals surface area contributed by atoms with Crippen molar-refractivity contribution in [2.45, 2.75) is 16.7 Å². The summed E-state index contributed by atoms with van der Waals surface area (Å²) in [5.74, 6) is 0. The average molecular weight is 248 g/mol. The molecule has 0 unspecified atom stereocenters. The zero-order valence-electron chi connectivity index (χ0n) is 9.46. The van der Waals surface area contributed by atoms with E-state index in [0.29, 0.717) is 0 Å². The third kappa shape index (κ3) is 3.20. The van der Waals surface area contributed by atoms with Crippen LogP contribution < -0.4 is 23.8 Å². The Hall–Kier alpha value is -0.560. The molecule has 15 heavy (non-hydrogen) atoms. The molecule has 4 nitrogen and oxygen atoms in total. The van der Waals surface area contributed by atoms with Crippen LogP contribution in [0.2, 0.25) is 0 Å². The first-order valence-corrected chi connectivity index (χ1v) is 6.33. The fraction of sp³-hybridized carbons (Fsp3) is 0.333. The molecule has 0 atom stereocenters. The van der Waals surface area contributed by atoms with Gasteiger partial charge < -0.3 is 23.8 Å². The molecule has 1 aromatic rings. The Bertz CT molecular complexity index is 328. The van der Waals surface area contributed by atoms with Crippen LogP contribution in [-0.2, 0) is 0 Å². The fourth-order valence-corrected chi connectivity index (χ4v) is 2.57. The van der Waals surface area contributed by atoms with Gasteiger partial charge in [-0.05, 0) is 31.1 Å². The van der Waals surface area contributed by atoms with E-state index in [2.05, 4.69) is 0 Å². The molecule has 0 spiro atoms. The highest BCUT2D eigenvalue weighted by Crippen LogP contribution is 2.38. The standard InChI is InChI=1S/C9H14N2S2.2H3N/c1-5-4-6(12-2)8(11)9(13-3)7(5)10;;/h4H,10-11H2,1-3H3;2*1H3. The molecule has 0 heterocycles. The Balaban J connectivity index is 0.